The van der Waals surface area contributed by atoms with Crippen molar-refractivity contribution in [2.75, 3.05) is 6.61 Å². The van der Waals surface area contributed by atoms with Crippen molar-refractivity contribution in [2.45, 2.75) is 132 Å². The molecule has 0 saturated heterocycles. The van der Waals surface area contributed by atoms with Gasteiger partial charge in [-0.25, -0.2) is 38.4 Å². The number of esters is 9. The molecule has 0 N–H and O–H groups in total. The SMILES string of the molecule is CCOC(=O)C(C)OC(=O)C(C)OC(=O)C(C)OC(=O)C(C)OC(=O)C(C)OC(=O)C(C)OC(=O)C(C)OC(=O)C(C)OC(=O)C(C)(C)C. The Balaban J connectivity index is 4.84. The second-order valence-corrected chi connectivity index (χ2v) is 11.6. The van der Waals surface area contributed by atoms with Gasteiger partial charge in [0.05, 0.1) is 12.0 Å². The number of ether oxygens (including phenoxy) is 9. The summed E-state index contributed by atoms with van der Waals surface area (Å²) in [5, 5.41) is 0. The van der Waals surface area contributed by atoms with E-state index in [2.05, 4.69) is 0 Å². The molecule has 0 aliphatic carbocycles. The molecule has 0 bridgehead atoms. The molecular weight excluding hydrogens is 660 g/mol. The summed E-state index contributed by atoms with van der Waals surface area (Å²) in [5.74, 6) is -9.49. The Hall–Kier alpha value is -4.77. The van der Waals surface area contributed by atoms with Crippen LogP contribution in [0.3, 0.4) is 0 Å². The molecule has 0 rings (SSSR count). The predicted octanol–water partition coefficient (Wildman–Crippen LogP) is 1.05. The Bertz CT molecular complexity index is 1230. The van der Waals surface area contributed by atoms with Gasteiger partial charge in [0.15, 0.2) is 48.8 Å². The molecule has 49 heavy (non-hydrogen) atoms. The number of rotatable bonds is 17. The number of hydrogen-bond acceptors (Lipinski definition) is 18. The van der Waals surface area contributed by atoms with Crippen LogP contribution in [0.15, 0.2) is 0 Å². The lowest BCUT2D eigenvalue weighted by atomic mass is 9.97. The Labute approximate surface area is 283 Å². The van der Waals surface area contributed by atoms with E-state index in [0.717, 1.165) is 41.5 Å². The van der Waals surface area contributed by atoms with Crippen LogP contribution in [0.2, 0.25) is 0 Å². The van der Waals surface area contributed by atoms with Gasteiger partial charge < -0.3 is 42.6 Å². The minimum absolute atomic E-state index is 0.0600. The van der Waals surface area contributed by atoms with Gasteiger partial charge in [0, 0.05) is 0 Å². The molecule has 18 nitrogen and oxygen atoms in total. The molecule has 18 heteroatoms. The quantitative estimate of drug-likeness (QED) is 0.152. The van der Waals surface area contributed by atoms with E-state index in [1.807, 2.05) is 0 Å². The highest BCUT2D eigenvalue weighted by Gasteiger charge is 2.34. The van der Waals surface area contributed by atoms with E-state index in [-0.39, 0.29) is 6.61 Å². The van der Waals surface area contributed by atoms with E-state index in [1.54, 1.807) is 27.7 Å². The summed E-state index contributed by atoms with van der Waals surface area (Å²) in [4.78, 5) is 110. The first-order chi connectivity index (χ1) is 22.4. The van der Waals surface area contributed by atoms with Gasteiger partial charge in [-0.3, -0.25) is 4.79 Å². The first kappa shape index (κ1) is 44.2. The van der Waals surface area contributed by atoms with Gasteiger partial charge in [0.1, 0.15) is 0 Å². The highest BCUT2D eigenvalue weighted by atomic mass is 16.7. The zero-order valence-corrected chi connectivity index (χ0v) is 29.7. The van der Waals surface area contributed by atoms with Crippen LogP contribution < -0.4 is 0 Å². The predicted molar refractivity (Wildman–Crippen MR) is 161 cm³/mol. The van der Waals surface area contributed by atoms with E-state index >= 15 is 0 Å². The number of hydrogen-bond donors (Lipinski definition) is 0. The Morgan fingerprint density at radius 1 is 0.367 bits per heavy atom. The van der Waals surface area contributed by atoms with Crippen LogP contribution in [0.4, 0.5) is 0 Å². The highest BCUT2D eigenvalue weighted by molar-refractivity contribution is 5.88. The zero-order valence-electron chi connectivity index (χ0n) is 29.7. The normalized spacial score (nSPS) is 15.9. The van der Waals surface area contributed by atoms with Crippen LogP contribution >= 0.6 is 0 Å². The third-order valence-electron chi connectivity index (χ3n) is 5.89. The van der Waals surface area contributed by atoms with Gasteiger partial charge in [-0.2, -0.15) is 0 Å². The van der Waals surface area contributed by atoms with Crippen molar-refractivity contribution in [3.63, 3.8) is 0 Å². The molecular formula is C31H46O18. The summed E-state index contributed by atoms with van der Waals surface area (Å²) in [6, 6.07) is 0. The fourth-order valence-corrected chi connectivity index (χ4v) is 2.87. The summed E-state index contributed by atoms with van der Waals surface area (Å²) in [6.07, 6.45) is -11.9. The van der Waals surface area contributed by atoms with Crippen LogP contribution in [0.5, 0.6) is 0 Å². The molecule has 0 aromatic heterocycles. The van der Waals surface area contributed by atoms with Crippen molar-refractivity contribution in [3.05, 3.63) is 0 Å². The van der Waals surface area contributed by atoms with Crippen LogP contribution in [-0.2, 0) is 85.8 Å². The summed E-state index contributed by atoms with van der Waals surface area (Å²) < 4.78 is 44.0. The largest absolute Gasteiger partial charge is 0.463 e. The van der Waals surface area contributed by atoms with Crippen molar-refractivity contribution in [3.8, 4) is 0 Å². The van der Waals surface area contributed by atoms with Gasteiger partial charge in [0.25, 0.3) is 0 Å². The average Bonchev–Trinajstić information content (AvgIpc) is 2.99. The molecule has 0 radical (unpaired) electrons. The maximum atomic E-state index is 12.4. The monoisotopic (exact) mass is 706 g/mol. The fourth-order valence-electron chi connectivity index (χ4n) is 2.87. The van der Waals surface area contributed by atoms with Crippen molar-refractivity contribution >= 4 is 53.7 Å². The first-order valence-electron chi connectivity index (χ1n) is 15.2. The van der Waals surface area contributed by atoms with Crippen molar-refractivity contribution < 1.29 is 85.8 Å². The van der Waals surface area contributed by atoms with Crippen LogP contribution in [0, 0.1) is 5.41 Å². The van der Waals surface area contributed by atoms with Gasteiger partial charge in [-0.05, 0) is 83.1 Å². The van der Waals surface area contributed by atoms with Crippen LogP contribution in [-0.4, -0.2) is 109 Å². The third kappa shape index (κ3) is 15.8. The molecule has 0 fully saturated rings. The standard InChI is InChI=1S/C31H46O18/c1-13-41-22(32)14(2)42-23(33)15(3)43-24(34)16(4)44-25(35)17(5)45-26(36)18(6)46-27(37)19(7)47-28(38)20(8)48-29(39)21(9)49-30(40)31(10,11)12/h14-21H,13H2,1-12H3. The van der Waals surface area contributed by atoms with Crippen LogP contribution in [0.1, 0.15) is 83.1 Å². The maximum Gasteiger partial charge on any atom is 0.347 e. The van der Waals surface area contributed by atoms with Gasteiger partial charge in [-0.15, -0.1) is 0 Å². The van der Waals surface area contributed by atoms with Gasteiger partial charge >= 0.3 is 53.7 Å². The van der Waals surface area contributed by atoms with Gasteiger partial charge in [-0.1, -0.05) is 0 Å². The molecule has 8 unspecified atom stereocenters. The van der Waals surface area contributed by atoms with E-state index in [9.17, 15) is 43.2 Å². The molecule has 0 aromatic rings. The van der Waals surface area contributed by atoms with Crippen molar-refractivity contribution in [1.29, 1.82) is 0 Å². The third-order valence-corrected chi connectivity index (χ3v) is 5.89. The molecule has 0 aromatic carbocycles. The van der Waals surface area contributed by atoms with E-state index < -0.39 is 108 Å². The smallest absolute Gasteiger partial charge is 0.347 e. The lowest BCUT2D eigenvalue weighted by Gasteiger charge is -2.22. The molecule has 278 valence electrons. The second kappa shape index (κ2) is 19.9. The Morgan fingerprint density at radius 3 is 0.735 bits per heavy atom. The van der Waals surface area contributed by atoms with E-state index in [1.165, 1.54) is 13.8 Å². The van der Waals surface area contributed by atoms with Crippen molar-refractivity contribution in [1.82, 2.24) is 0 Å². The fraction of sp³-hybridized carbons (Fsp3) is 0.710. The van der Waals surface area contributed by atoms with Crippen LogP contribution in [0.25, 0.3) is 0 Å². The second-order valence-electron chi connectivity index (χ2n) is 11.6. The summed E-state index contributed by atoms with van der Waals surface area (Å²) in [5.41, 5.74) is -0.887. The minimum atomic E-state index is -1.61. The molecule has 0 spiro atoms. The molecule has 0 heterocycles. The van der Waals surface area contributed by atoms with Crippen molar-refractivity contribution in [2.24, 2.45) is 5.41 Å². The van der Waals surface area contributed by atoms with E-state index in [4.69, 9.17) is 42.6 Å². The Kier molecular flexibility index (Phi) is 18.0. The average molecular weight is 707 g/mol. The lowest BCUT2D eigenvalue weighted by molar-refractivity contribution is -0.189. The first-order valence-corrected chi connectivity index (χ1v) is 15.2. The molecule has 0 saturated carbocycles. The lowest BCUT2D eigenvalue weighted by Crippen LogP contribution is -2.39. The maximum absolute atomic E-state index is 12.4. The topological polar surface area (TPSA) is 237 Å². The molecule has 8 atom stereocenters. The van der Waals surface area contributed by atoms with E-state index in [0.29, 0.717) is 0 Å². The van der Waals surface area contributed by atoms with Gasteiger partial charge in [0.2, 0.25) is 0 Å². The zero-order chi connectivity index (χ0) is 38.4. The summed E-state index contributed by atoms with van der Waals surface area (Å²) in [7, 11) is 0. The summed E-state index contributed by atoms with van der Waals surface area (Å²) in [6.45, 7) is 15.6. The highest BCUT2D eigenvalue weighted by Crippen LogP contribution is 2.17. The Morgan fingerprint density at radius 2 is 0.551 bits per heavy atom. The number of carbonyl (C=O) groups is 9. The minimum Gasteiger partial charge on any atom is -0.463 e. The summed E-state index contributed by atoms with van der Waals surface area (Å²) >= 11 is 0. The molecule has 0 amide bonds. The molecule has 0 aliphatic rings. The number of carbonyl (C=O) groups excluding carboxylic acids is 9. The molecule has 0 aliphatic heterocycles.